The van der Waals surface area contributed by atoms with Gasteiger partial charge >= 0.3 is 0 Å². The van der Waals surface area contributed by atoms with Crippen molar-refractivity contribution in [2.24, 2.45) is 5.92 Å². The van der Waals surface area contributed by atoms with Crippen LogP contribution in [0.25, 0.3) is 10.6 Å². The highest BCUT2D eigenvalue weighted by molar-refractivity contribution is 7.19. The molecule has 2 aromatic heterocycles. The fraction of sp³-hybridized carbons (Fsp3) is 0.733. The maximum Gasteiger partial charge on any atom is 0.225 e. The van der Waals surface area contributed by atoms with Crippen LogP contribution in [-0.4, -0.2) is 68.6 Å². The molecule has 2 aromatic rings. The zero-order valence-electron chi connectivity index (χ0n) is 23.9. The van der Waals surface area contributed by atoms with Crippen molar-refractivity contribution < 1.29 is 14.3 Å². The molecule has 0 radical (unpaired) electrons. The van der Waals surface area contributed by atoms with Gasteiger partial charge in [-0.3, -0.25) is 14.3 Å². The van der Waals surface area contributed by atoms with Crippen LogP contribution in [0.3, 0.4) is 0 Å². The Morgan fingerprint density at radius 3 is 2.35 bits per heavy atom. The van der Waals surface area contributed by atoms with Gasteiger partial charge in [0.15, 0.2) is 10.9 Å². The Morgan fingerprint density at radius 1 is 0.975 bits per heavy atom. The van der Waals surface area contributed by atoms with Crippen LogP contribution in [0.5, 0.6) is 5.75 Å². The summed E-state index contributed by atoms with van der Waals surface area (Å²) in [7, 11) is 2.05. The minimum Gasteiger partial charge on any atom is -0.483 e. The third-order valence-electron chi connectivity index (χ3n) is 10.0. The van der Waals surface area contributed by atoms with Gasteiger partial charge in [0.05, 0.1) is 10.9 Å². The van der Waals surface area contributed by atoms with Crippen LogP contribution in [0, 0.1) is 5.92 Å². The predicted octanol–water partition coefficient (Wildman–Crippen LogP) is 5.33. The molecule has 3 saturated carbocycles. The Morgan fingerprint density at radius 2 is 1.68 bits per heavy atom. The van der Waals surface area contributed by atoms with E-state index in [4.69, 9.17) is 9.84 Å². The summed E-state index contributed by atoms with van der Waals surface area (Å²) in [5, 5.41) is 8.61. The van der Waals surface area contributed by atoms with Crippen molar-refractivity contribution >= 4 is 28.3 Å². The summed E-state index contributed by atoms with van der Waals surface area (Å²) in [4.78, 5) is 35.8. The van der Waals surface area contributed by atoms with Crippen LogP contribution in [0.15, 0.2) is 0 Å². The van der Waals surface area contributed by atoms with Crippen LogP contribution in [0.4, 0.5) is 5.13 Å². The van der Waals surface area contributed by atoms with E-state index in [-0.39, 0.29) is 17.9 Å². The molecule has 10 heteroatoms. The number of likely N-dealkylation sites (tertiary alicyclic amines) is 1. The number of fused-ring (bicyclic) bond motifs is 3. The fourth-order valence-corrected chi connectivity index (χ4v) is 8.66. The minimum absolute atomic E-state index is 0.105. The maximum atomic E-state index is 13.6. The Labute approximate surface area is 240 Å². The number of nitrogens with one attached hydrogen (secondary N) is 1. The Balaban J connectivity index is 1.03. The lowest BCUT2D eigenvalue weighted by Gasteiger charge is -2.40. The number of rotatable bonds is 6. The molecular weight excluding hydrogens is 524 g/mol. The smallest absolute Gasteiger partial charge is 0.225 e. The topological polar surface area (TPSA) is 92.6 Å². The summed E-state index contributed by atoms with van der Waals surface area (Å²) in [5.41, 5.74) is 2.98. The zero-order chi connectivity index (χ0) is 27.4. The highest BCUT2D eigenvalue weighted by atomic mass is 32.1. The summed E-state index contributed by atoms with van der Waals surface area (Å²) in [5.74, 6) is 1.72. The largest absolute Gasteiger partial charge is 0.483 e. The van der Waals surface area contributed by atoms with Crippen LogP contribution in [0.2, 0.25) is 0 Å². The molecule has 40 heavy (non-hydrogen) atoms. The molecule has 4 fully saturated rings. The van der Waals surface area contributed by atoms with Gasteiger partial charge in [-0.1, -0.05) is 11.3 Å². The van der Waals surface area contributed by atoms with Gasteiger partial charge in [-0.15, -0.1) is 0 Å². The second-order valence-corrected chi connectivity index (χ2v) is 13.7. The predicted molar refractivity (Wildman–Crippen MR) is 155 cm³/mol. The summed E-state index contributed by atoms with van der Waals surface area (Å²) < 4.78 is 8.45. The van der Waals surface area contributed by atoms with Crippen molar-refractivity contribution in [2.45, 2.75) is 115 Å². The molecule has 1 saturated heterocycles. The number of amides is 2. The van der Waals surface area contributed by atoms with Crippen molar-refractivity contribution in [3.63, 3.8) is 0 Å². The molecule has 5 aliphatic rings. The first-order valence-corrected chi connectivity index (χ1v) is 16.3. The molecular formula is C30H42N6O3S. The van der Waals surface area contributed by atoms with E-state index in [1.165, 1.54) is 57.0 Å². The third-order valence-corrected chi connectivity index (χ3v) is 11.0. The van der Waals surface area contributed by atoms with Crippen molar-refractivity contribution in [3.05, 3.63) is 11.4 Å². The first kappa shape index (κ1) is 26.4. The molecule has 0 bridgehead atoms. The number of nitrogens with zero attached hydrogens (tertiary/aromatic N) is 5. The van der Waals surface area contributed by atoms with E-state index in [1.54, 1.807) is 0 Å². The van der Waals surface area contributed by atoms with Gasteiger partial charge in [0.2, 0.25) is 11.8 Å². The second-order valence-electron chi connectivity index (χ2n) is 12.7. The van der Waals surface area contributed by atoms with Crippen molar-refractivity contribution in [1.29, 1.82) is 0 Å². The summed E-state index contributed by atoms with van der Waals surface area (Å²) >= 11 is 1.52. The Kier molecular flexibility index (Phi) is 7.10. The Hall–Kier alpha value is -2.46. The summed E-state index contributed by atoms with van der Waals surface area (Å²) in [6.07, 6.45) is 13.4. The molecule has 0 spiro atoms. The Bertz CT molecular complexity index is 1260. The molecule has 0 aromatic carbocycles. The van der Waals surface area contributed by atoms with Gasteiger partial charge in [0.1, 0.15) is 23.7 Å². The van der Waals surface area contributed by atoms with Crippen LogP contribution >= 0.6 is 11.3 Å². The number of aromatic nitrogens is 3. The number of ether oxygens (including phenoxy) is 1. The number of hydrogen-bond acceptors (Lipinski definition) is 7. The van der Waals surface area contributed by atoms with E-state index < -0.39 is 0 Å². The summed E-state index contributed by atoms with van der Waals surface area (Å²) in [6, 6.07) is 1.37. The third kappa shape index (κ3) is 4.95. The van der Waals surface area contributed by atoms with Crippen LogP contribution < -0.4 is 10.1 Å². The van der Waals surface area contributed by atoms with Gasteiger partial charge in [-0.2, -0.15) is 5.10 Å². The van der Waals surface area contributed by atoms with Crippen molar-refractivity contribution in [1.82, 2.24) is 24.6 Å². The van der Waals surface area contributed by atoms with Crippen LogP contribution in [-0.2, 0) is 16.2 Å². The number of thiazole rings is 1. The lowest BCUT2D eigenvalue weighted by atomic mass is 9.83. The monoisotopic (exact) mass is 566 g/mol. The summed E-state index contributed by atoms with van der Waals surface area (Å²) in [6.45, 7) is 4.45. The quantitative estimate of drug-likeness (QED) is 0.508. The fourth-order valence-electron chi connectivity index (χ4n) is 7.61. The molecule has 3 aliphatic carbocycles. The second kappa shape index (κ2) is 10.7. The van der Waals surface area contributed by atoms with E-state index in [9.17, 15) is 9.59 Å². The molecule has 4 heterocycles. The van der Waals surface area contributed by atoms with Gasteiger partial charge in [-0.05, 0) is 90.1 Å². The lowest BCUT2D eigenvalue weighted by Crippen LogP contribution is -2.46. The first-order valence-electron chi connectivity index (χ1n) is 15.5. The van der Waals surface area contributed by atoms with E-state index in [0.29, 0.717) is 29.6 Å². The first-order chi connectivity index (χ1) is 19.5. The lowest BCUT2D eigenvalue weighted by molar-refractivity contribution is -0.138. The van der Waals surface area contributed by atoms with E-state index in [0.717, 1.165) is 85.1 Å². The maximum absolute atomic E-state index is 13.6. The molecule has 1 N–H and O–H groups in total. The molecule has 216 valence electrons. The molecule has 0 unspecified atom stereocenters. The van der Waals surface area contributed by atoms with E-state index in [1.807, 2.05) is 0 Å². The zero-order valence-corrected chi connectivity index (χ0v) is 24.7. The van der Waals surface area contributed by atoms with E-state index >= 15 is 0 Å². The van der Waals surface area contributed by atoms with Crippen LogP contribution in [0.1, 0.15) is 107 Å². The number of hydrogen-bond donors (Lipinski definition) is 1. The molecule has 2 amide bonds. The number of carbonyl (C=O) groups excluding carboxylic acids is 2. The molecule has 0 atom stereocenters. The molecule has 9 nitrogen and oxygen atoms in total. The van der Waals surface area contributed by atoms with Gasteiger partial charge in [-0.25, -0.2) is 4.98 Å². The normalized spacial score (nSPS) is 28.4. The standard InChI is InChI=1S/C30H42N6O3S/c1-18(37)31-30-32-24-17-39-27-25(19-5-6-19)33-36(26(27)28(24)40-30)23-9-7-20(8-10-23)29(38)34(2)21-11-13-22(14-12-21)35-15-3-4-16-35/h19-23H,3-17H2,1-2H3,(H,31,32,37)/t20?,21-,22+,23?. The molecule has 7 rings (SSSR count). The average molecular weight is 567 g/mol. The number of anilines is 1. The minimum atomic E-state index is -0.119. The SMILES string of the molecule is CC(=O)Nc1nc2c(s1)-c1c(c(C3CC3)nn1C1CCC(C(=O)N(C)[C@H]3CC[C@@H](N4CCCC4)CC3)CC1)OC2. The van der Waals surface area contributed by atoms with E-state index in [2.05, 4.69) is 31.8 Å². The number of carbonyl (C=O) groups is 2. The van der Waals surface area contributed by atoms with Gasteiger partial charge in [0, 0.05) is 37.9 Å². The van der Waals surface area contributed by atoms with Gasteiger partial charge < -0.3 is 19.9 Å². The average Bonchev–Trinajstić information content (AvgIpc) is 3.34. The highest BCUT2D eigenvalue weighted by Gasteiger charge is 2.40. The van der Waals surface area contributed by atoms with Crippen molar-refractivity contribution in [2.75, 3.05) is 25.5 Å². The van der Waals surface area contributed by atoms with Crippen molar-refractivity contribution in [3.8, 4) is 16.3 Å². The molecule has 2 aliphatic heterocycles. The van der Waals surface area contributed by atoms with Gasteiger partial charge in [0.25, 0.3) is 0 Å². The highest BCUT2D eigenvalue weighted by Crippen LogP contribution is 2.52.